The molecule has 1 aromatic heterocycles. The Balaban J connectivity index is 2.92. The Bertz CT molecular complexity index is 541. The molecule has 1 heterocycles. The summed E-state index contributed by atoms with van der Waals surface area (Å²) in [5, 5.41) is 16.1. The van der Waals surface area contributed by atoms with Gasteiger partial charge in [-0.25, -0.2) is 0 Å². The molecule has 0 aliphatic heterocycles. The van der Waals surface area contributed by atoms with Gasteiger partial charge in [0.2, 0.25) is 0 Å². The molecule has 2 N–H and O–H groups in total. The number of aryl methyl sites for hydroxylation is 2. The summed E-state index contributed by atoms with van der Waals surface area (Å²) in [4.78, 5) is 23.4. The van der Waals surface area contributed by atoms with Crippen molar-refractivity contribution in [3.8, 4) is 0 Å². The maximum Gasteiger partial charge on any atom is 0.305 e. The molecule has 118 valence electrons. The molecule has 0 saturated carbocycles. The molecular weight excluding hydrogens is 270 g/mol. The summed E-state index contributed by atoms with van der Waals surface area (Å²) in [7, 11) is 1.78. The van der Waals surface area contributed by atoms with Crippen molar-refractivity contribution >= 4 is 11.9 Å². The topological polar surface area (TPSA) is 84.2 Å². The van der Waals surface area contributed by atoms with Crippen LogP contribution in [0.5, 0.6) is 0 Å². The van der Waals surface area contributed by atoms with Gasteiger partial charge in [0, 0.05) is 18.8 Å². The number of nitrogens with zero attached hydrogens (tertiary/aromatic N) is 2. The van der Waals surface area contributed by atoms with Gasteiger partial charge in [-0.2, -0.15) is 5.10 Å². The van der Waals surface area contributed by atoms with Crippen LogP contribution in [-0.2, 0) is 11.8 Å². The van der Waals surface area contributed by atoms with E-state index in [1.165, 1.54) is 0 Å². The highest BCUT2D eigenvalue weighted by atomic mass is 16.4. The SMILES string of the molecule is Cc1nn(C)c(C)c1C(=O)NC(CC(=O)O)CC(C)(C)C. The summed E-state index contributed by atoms with van der Waals surface area (Å²) in [6.45, 7) is 9.67. The fraction of sp³-hybridized carbons (Fsp3) is 0.667. The number of carbonyl (C=O) groups is 2. The van der Waals surface area contributed by atoms with Crippen LogP contribution in [0, 0.1) is 19.3 Å². The van der Waals surface area contributed by atoms with E-state index in [1.54, 1.807) is 18.7 Å². The Hall–Kier alpha value is -1.85. The number of rotatable bonds is 5. The first-order chi connectivity index (χ1) is 9.51. The number of aliphatic carboxylic acids is 1. The van der Waals surface area contributed by atoms with Crippen LogP contribution in [0.3, 0.4) is 0 Å². The van der Waals surface area contributed by atoms with Crippen molar-refractivity contribution in [3.05, 3.63) is 17.0 Å². The van der Waals surface area contributed by atoms with Gasteiger partial charge in [0.05, 0.1) is 17.7 Å². The molecule has 1 amide bonds. The minimum Gasteiger partial charge on any atom is -0.481 e. The molecule has 1 unspecified atom stereocenters. The zero-order valence-electron chi connectivity index (χ0n) is 13.6. The molecular formula is C15H25N3O3. The maximum atomic E-state index is 12.4. The first-order valence-corrected chi connectivity index (χ1v) is 7.04. The van der Waals surface area contributed by atoms with E-state index in [4.69, 9.17) is 5.11 Å². The zero-order chi connectivity index (χ0) is 16.4. The molecule has 0 spiro atoms. The summed E-state index contributed by atoms with van der Waals surface area (Å²) >= 11 is 0. The minimum absolute atomic E-state index is 0.0631. The molecule has 1 atom stereocenters. The summed E-state index contributed by atoms with van der Waals surface area (Å²) in [6, 6.07) is -0.394. The second kappa shape index (κ2) is 6.28. The van der Waals surface area contributed by atoms with Crippen molar-refractivity contribution in [2.24, 2.45) is 12.5 Å². The summed E-state index contributed by atoms with van der Waals surface area (Å²) < 4.78 is 1.65. The standard InChI is InChI=1S/C15H25N3O3/c1-9-13(10(2)18(6)17-9)14(21)16-11(7-12(19)20)8-15(3,4)5/h11H,7-8H2,1-6H3,(H,16,21)(H,19,20). The van der Waals surface area contributed by atoms with Gasteiger partial charge in [0.25, 0.3) is 5.91 Å². The predicted octanol–water partition coefficient (Wildman–Crippen LogP) is 2.05. The maximum absolute atomic E-state index is 12.4. The number of carboxylic acid groups (broad SMARTS) is 1. The molecule has 6 nitrogen and oxygen atoms in total. The third kappa shape index (κ3) is 4.88. The van der Waals surface area contributed by atoms with Crippen LogP contribution < -0.4 is 5.32 Å². The molecule has 1 aromatic rings. The van der Waals surface area contributed by atoms with E-state index >= 15 is 0 Å². The van der Waals surface area contributed by atoms with Crippen LogP contribution in [0.1, 0.15) is 55.4 Å². The normalized spacial score (nSPS) is 13.0. The monoisotopic (exact) mass is 295 g/mol. The number of aromatic nitrogens is 2. The molecule has 21 heavy (non-hydrogen) atoms. The van der Waals surface area contributed by atoms with Gasteiger partial charge in [-0.1, -0.05) is 20.8 Å². The number of carboxylic acids is 1. The first-order valence-electron chi connectivity index (χ1n) is 7.04. The predicted molar refractivity (Wildman–Crippen MR) is 80.3 cm³/mol. The number of nitrogens with one attached hydrogen (secondary N) is 1. The summed E-state index contributed by atoms with van der Waals surface area (Å²) in [5.41, 5.74) is 1.89. The van der Waals surface area contributed by atoms with Gasteiger partial charge < -0.3 is 10.4 Å². The number of amides is 1. The smallest absolute Gasteiger partial charge is 0.305 e. The van der Waals surface area contributed by atoms with E-state index in [0.29, 0.717) is 17.7 Å². The highest BCUT2D eigenvalue weighted by Gasteiger charge is 2.25. The van der Waals surface area contributed by atoms with Crippen LogP contribution in [0.25, 0.3) is 0 Å². The van der Waals surface area contributed by atoms with Crippen molar-refractivity contribution in [1.82, 2.24) is 15.1 Å². The lowest BCUT2D eigenvalue weighted by Crippen LogP contribution is -2.39. The zero-order valence-corrected chi connectivity index (χ0v) is 13.6. The Morgan fingerprint density at radius 3 is 2.29 bits per heavy atom. The summed E-state index contributed by atoms with van der Waals surface area (Å²) in [5.74, 6) is -1.17. The van der Waals surface area contributed by atoms with Crippen LogP contribution in [-0.4, -0.2) is 32.8 Å². The molecule has 0 bridgehead atoms. The van der Waals surface area contributed by atoms with Gasteiger partial charge in [0.1, 0.15) is 0 Å². The quantitative estimate of drug-likeness (QED) is 0.870. The van der Waals surface area contributed by atoms with Crippen molar-refractivity contribution in [2.45, 2.75) is 53.5 Å². The second-order valence-electron chi connectivity index (χ2n) is 6.70. The molecule has 0 aliphatic rings. The molecule has 6 heteroatoms. The average Bonchev–Trinajstić information content (AvgIpc) is 2.49. The van der Waals surface area contributed by atoms with E-state index in [-0.39, 0.29) is 17.7 Å². The third-order valence-corrected chi connectivity index (χ3v) is 3.35. The second-order valence-corrected chi connectivity index (χ2v) is 6.70. The van der Waals surface area contributed by atoms with Crippen LogP contribution >= 0.6 is 0 Å². The Morgan fingerprint density at radius 2 is 1.90 bits per heavy atom. The van der Waals surface area contributed by atoms with Gasteiger partial charge in [-0.3, -0.25) is 14.3 Å². The molecule has 0 aliphatic carbocycles. The van der Waals surface area contributed by atoms with Crippen molar-refractivity contribution in [3.63, 3.8) is 0 Å². The molecule has 0 aromatic carbocycles. The van der Waals surface area contributed by atoms with Crippen molar-refractivity contribution in [1.29, 1.82) is 0 Å². The van der Waals surface area contributed by atoms with E-state index in [2.05, 4.69) is 10.4 Å². The number of hydrogen-bond acceptors (Lipinski definition) is 3. The van der Waals surface area contributed by atoms with E-state index in [1.807, 2.05) is 27.7 Å². The highest BCUT2D eigenvalue weighted by Crippen LogP contribution is 2.23. The van der Waals surface area contributed by atoms with Gasteiger partial charge in [-0.05, 0) is 25.7 Å². The minimum atomic E-state index is -0.913. The molecule has 0 radical (unpaired) electrons. The van der Waals surface area contributed by atoms with Crippen LogP contribution in [0.15, 0.2) is 0 Å². The molecule has 0 saturated heterocycles. The Kier molecular flexibility index (Phi) is 5.15. The molecule has 0 fully saturated rings. The first kappa shape index (κ1) is 17.2. The largest absolute Gasteiger partial charge is 0.481 e. The lowest BCUT2D eigenvalue weighted by atomic mass is 9.87. The van der Waals surface area contributed by atoms with Gasteiger partial charge in [0.15, 0.2) is 0 Å². The number of hydrogen-bond donors (Lipinski definition) is 2. The van der Waals surface area contributed by atoms with E-state index in [9.17, 15) is 9.59 Å². The Morgan fingerprint density at radius 1 is 1.33 bits per heavy atom. The van der Waals surface area contributed by atoms with Crippen LogP contribution in [0.4, 0.5) is 0 Å². The average molecular weight is 295 g/mol. The van der Waals surface area contributed by atoms with Crippen molar-refractivity contribution in [2.75, 3.05) is 0 Å². The number of carbonyl (C=O) groups excluding carboxylic acids is 1. The highest BCUT2D eigenvalue weighted by molar-refractivity contribution is 5.96. The Labute approximate surface area is 125 Å². The lowest BCUT2D eigenvalue weighted by Gasteiger charge is -2.25. The lowest BCUT2D eigenvalue weighted by molar-refractivity contribution is -0.137. The fourth-order valence-electron chi connectivity index (χ4n) is 2.48. The van der Waals surface area contributed by atoms with Crippen molar-refractivity contribution < 1.29 is 14.7 Å². The van der Waals surface area contributed by atoms with E-state index in [0.717, 1.165) is 5.69 Å². The summed E-state index contributed by atoms with van der Waals surface area (Å²) in [6.07, 6.45) is 0.519. The third-order valence-electron chi connectivity index (χ3n) is 3.35. The fourth-order valence-corrected chi connectivity index (χ4v) is 2.48. The van der Waals surface area contributed by atoms with Crippen LogP contribution in [0.2, 0.25) is 0 Å². The van der Waals surface area contributed by atoms with Gasteiger partial charge >= 0.3 is 5.97 Å². The molecule has 1 rings (SSSR count). The van der Waals surface area contributed by atoms with E-state index < -0.39 is 12.0 Å². The van der Waals surface area contributed by atoms with Gasteiger partial charge in [-0.15, -0.1) is 0 Å².